The predicted molar refractivity (Wildman–Crippen MR) is 113 cm³/mol. The van der Waals surface area contributed by atoms with Gasteiger partial charge in [-0.3, -0.25) is 13.9 Å². The fourth-order valence-electron chi connectivity index (χ4n) is 2.63. The Bertz CT molecular complexity index is 1450. The Kier molecular flexibility index (Phi) is 6.54. The molecule has 2 aromatic carbocycles. The molecule has 0 spiro atoms. The first-order valence-corrected chi connectivity index (χ1v) is 11.6. The Morgan fingerprint density at radius 3 is 1.97 bits per heavy atom. The van der Waals surface area contributed by atoms with E-state index in [4.69, 9.17) is 0 Å². The van der Waals surface area contributed by atoms with E-state index in [1.54, 1.807) is 0 Å². The fourth-order valence-corrected chi connectivity index (χ4v) is 3.91. The minimum atomic E-state index is -4.74. The SMILES string of the molecule is CC(=O)Nc1ccc(S(=O)(=O)O)c(Nc2nc(F)nc(Nc3ccccc3S(=O)(=O)O)n2)c1. The molecule has 5 N–H and O–H groups in total. The Balaban J connectivity index is 2.01. The first-order valence-electron chi connectivity index (χ1n) is 8.74. The number of carbonyl (C=O) groups excluding carboxylic acids is 1. The lowest BCUT2D eigenvalue weighted by Gasteiger charge is -2.13. The van der Waals surface area contributed by atoms with E-state index in [0.29, 0.717) is 0 Å². The third-order valence-electron chi connectivity index (χ3n) is 3.84. The number of carbonyl (C=O) groups is 1. The Morgan fingerprint density at radius 1 is 0.848 bits per heavy atom. The van der Waals surface area contributed by atoms with Gasteiger partial charge in [0.25, 0.3) is 20.2 Å². The molecule has 13 nitrogen and oxygen atoms in total. The zero-order chi connectivity index (χ0) is 24.4. The van der Waals surface area contributed by atoms with Crippen LogP contribution in [0.4, 0.5) is 33.3 Å². The van der Waals surface area contributed by atoms with Gasteiger partial charge in [-0.2, -0.15) is 36.2 Å². The van der Waals surface area contributed by atoms with Gasteiger partial charge in [0.05, 0.1) is 11.4 Å². The minimum absolute atomic E-state index is 0.146. The van der Waals surface area contributed by atoms with E-state index in [9.17, 15) is 35.1 Å². The smallest absolute Gasteiger partial charge is 0.315 e. The van der Waals surface area contributed by atoms with Crippen LogP contribution in [0.1, 0.15) is 6.92 Å². The van der Waals surface area contributed by atoms with Crippen molar-refractivity contribution < 1.29 is 35.1 Å². The predicted octanol–water partition coefficient (Wildman–Crippen LogP) is 1.95. The van der Waals surface area contributed by atoms with E-state index in [2.05, 4.69) is 30.9 Å². The number of hydrogen-bond donors (Lipinski definition) is 5. The lowest BCUT2D eigenvalue weighted by Crippen LogP contribution is -2.11. The number of aromatic nitrogens is 3. The summed E-state index contributed by atoms with van der Waals surface area (Å²) in [6.45, 7) is 1.22. The highest BCUT2D eigenvalue weighted by Gasteiger charge is 2.19. The number of halogens is 1. The fraction of sp³-hybridized carbons (Fsp3) is 0.0588. The zero-order valence-electron chi connectivity index (χ0n) is 16.5. The van der Waals surface area contributed by atoms with Crippen LogP contribution in [0.25, 0.3) is 0 Å². The van der Waals surface area contributed by atoms with Crippen LogP contribution < -0.4 is 16.0 Å². The molecular weight excluding hydrogens is 483 g/mol. The van der Waals surface area contributed by atoms with Crippen LogP contribution in [-0.2, 0) is 25.0 Å². The quantitative estimate of drug-likeness (QED) is 0.297. The highest BCUT2D eigenvalue weighted by molar-refractivity contribution is 7.86. The standard InChI is InChI=1S/C17H15FN6O7S2/c1-9(25)19-10-6-7-14(33(29,30)31)12(8-10)21-17-23-15(18)22-16(24-17)20-11-4-2-3-5-13(11)32(26,27)28/h2-8H,1H3,(H,19,25)(H,26,27,28)(H,29,30,31)(H2,20,21,22,23,24). The van der Waals surface area contributed by atoms with E-state index in [0.717, 1.165) is 18.2 Å². The lowest BCUT2D eigenvalue weighted by molar-refractivity contribution is -0.114. The third kappa shape index (κ3) is 6.16. The second-order valence-electron chi connectivity index (χ2n) is 6.34. The van der Waals surface area contributed by atoms with E-state index >= 15 is 0 Å². The zero-order valence-corrected chi connectivity index (χ0v) is 18.1. The maximum atomic E-state index is 14.0. The highest BCUT2D eigenvalue weighted by atomic mass is 32.2. The summed E-state index contributed by atoms with van der Waals surface area (Å²) in [6.07, 6.45) is -1.33. The molecule has 0 fully saturated rings. The number of nitrogens with zero attached hydrogens (tertiary/aromatic N) is 3. The van der Waals surface area contributed by atoms with Crippen LogP contribution in [0.3, 0.4) is 0 Å². The normalized spacial score (nSPS) is 11.6. The van der Waals surface area contributed by atoms with Crippen LogP contribution in [0.2, 0.25) is 0 Å². The van der Waals surface area contributed by atoms with Crippen molar-refractivity contribution in [1.82, 2.24) is 15.0 Å². The van der Waals surface area contributed by atoms with Crippen molar-refractivity contribution in [2.24, 2.45) is 0 Å². The molecule has 1 amide bonds. The van der Waals surface area contributed by atoms with E-state index in [1.165, 1.54) is 31.2 Å². The summed E-state index contributed by atoms with van der Waals surface area (Å²) in [5, 5.41) is 7.24. The van der Waals surface area contributed by atoms with E-state index < -0.39 is 53.9 Å². The molecule has 1 aromatic heterocycles. The third-order valence-corrected chi connectivity index (χ3v) is 5.67. The summed E-state index contributed by atoms with van der Waals surface area (Å²) in [7, 11) is -9.37. The summed E-state index contributed by atoms with van der Waals surface area (Å²) in [6, 6.07) is 8.44. The average molecular weight is 498 g/mol. The second kappa shape index (κ2) is 9.02. The molecule has 0 aliphatic carbocycles. The molecular formula is C17H15FN6O7S2. The van der Waals surface area contributed by atoms with Gasteiger partial charge >= 0.3 is 6.08 Å². The Labute approximate surface area is 186 Å². The number of para-hydroxylation sites is 1. The van der Waals surface area contributed by atoms with Gasteiger partial charge in [0, 0.05) is 12.6 Å². The number of nitrogens with one attached hydrogen (secondary N) is 3. The summed E-state index contributed by atoms with van der Waals surface area (Å²) in [5.41, 5.74) is -0.339. The molecule has 174 valence electrons. The molecule has 0 radical (unpaired) electrons. The molecule has 0 bridgehead atoms. The largest absolute Gasteiger partial charge is 0.326 e. The van der Waals surface area contributed by atoms with Crippen LogP contribution in [0, 0.1) is 6.08 Å². The molecule has 0 aliphatic heterocycles. The van der Waals surface area contributed by atoms with E-state index in [-0.39, 0.29) is 17.1 Å². The van der Waals surface area contributed by atoms with Gasteiger partial charge in [0.1, 0.15) is 9.79 Å². The van der Waals surface area contributed by atoms with Gasteiger partial charge in [0.2, 0.25) is 17.8 Å². The molecule has 0 unspecified atom stereocenters. The van der Waals surface area contributed by atoms with Gasteiger partial charge in [-0.05, 0) is 30.3 Å². The monoisotopic (exact) mass is 498 g/mol. The average Bonchev–Trinajstić information content (AvgIpc) is 2.66. The molecule has 3 rings (SSSR count). The number of anilines is 5. The van der Waals surface area contributed by atoms with Crippen molar-refractivity contribution >= 4 is 55.1 Å². The number of benzene rings is 2. The van der Waals surface area contributed by atoms with Gasteiger partial charge in [-0.15, -0.1) is 0 Å². The first-order chi connectivity index (χ1) is 15.3. The maximum absolute atomic E-state index is 14.0. The highest BCUT2D eigenvalue weighted by Crippen LogP contribution is 2.28. The van der Waals surface area contributed by atoms with Crippen LogP contribution >= 0.6 is 0 Å². The van der Waals surface area contributed by atoms with Gasteiger partial charge < -0.3 is 16.0 Å². The Hall–Kier alpha value is -3.73. The first kappa shape index (κ1) is 23.9. The van der Waals surface area contributed by atoms with Crippen molar-refractivity contribution in [3.8, 4) is 0 Å². The number of amides is 1. The van der Waals surface area contributed by atoms with Crippen molar-refractivity contribution in [3.05, 3.63) is 48.5 Å². The number of rotatable bonds is 7. The van der Waals surface area contributed by atoms with Gasteiger partial charge in [-0.25, -0.2) is 0 Å². The van der Waals surface area contributed by atoms with Crippen LogP contribution in [0.15, 0.2) is 52.3 Å². The molecule has 33 heavy (non-hydrogen) atoms. The molecule has 3 aromatic rings. The summed E-state index contributed by atoms with van der Waals surface area (Å²) < 4.78 is 79.2. The molecule has 0 saturated heterocycles. The molecule has 0 atom stereocenters. The molecule has 0 saturated carbocycles. The van der Waals surface area contributed by atoms with Crippen molar-refractivity contribution in [2.75, 3.05) is 16.0 Å². The molecule has 16 heteroatoms. The molecule has 1 heterocycles. The second-order valence-corrected chi connectivity index (χ2v) is 9.12. The van der Waals surface area contributed by atoms with Crippen molar-refractivity contribution in [1.29, 1.82) is 0 Å². The van der Waals surface area contributed by atoms with Crippen LogP contribution in [0.5, 0.6) is 0 Å². The number of hydrogen-bond acceptors (Lipinski definition) is 10. The molecule has 0 aliphatic rings. The van der Waals surface area contributed by atoms with Gasteiger partial charge in [-0.1, -0.05) is 12.1 Å². The summed E-state index contributed by atoms with van der Waals surface area (Å²) in [5.74, 6) is -1.48. The maximum Gasteiger partial charge on any atom is 0.315 e. The lowest BCUT2D eigenvalue weighted by atomic mass is 10.2. The summed E-state index contributed by atoms with van der Waals surface area (Å²) in [4.78, 5) is 20.7. The van der Waals surface area contributed by atoms with E-state index in [1.807, 2.05) is 0 Å². The van der Waals surface area contributed by atoms with Crippen molar-refractivity contribution in [3.63, 3.8) is 0 Å². The van der Waals surface area contributed by atoms with Crippen molar-refractivity contribution in [2.45, 2.75) is 16.7 Å². The Morgan fingerprint density at radius 2 is 1.39 bits per heavy atom. The minimum Gasteiger partial charge on any atom is -0.326 e. The van der Waals surface area contributed by atoms with Gasteiger partial charge in [0.15, 0.2) is 0 Å². The topological polar surface area (TPSA) is 201 Å². The van der Waals surface area contributed by atoms with Crippen LogP contribution in [-0.4, -0.2) is 46.8 Å². The summed E-state index contributed by atoms with van der Waals surface area (Å²) >= 11 is 0.